The number of nitrogens with zero attached hydrogens (tertiary/aromatic N) is 4. The van der Waals surface area contributed by atoms with E-state index < -0.39 is 11.4 Å². The lowest BCUT2D eigenvalue weighted by atomic mass is 9.68. The summed E-state index contributed by atoms with van der Waals surface area (Å²) in [6, 6.07) is 7.99. The molecule has 3 heterocycles. The molecule has 0 saturated carbocycles. The molecule has 0 radical (unpaired) electrons. The van der Waals surface area contributed by atoms with E-state index in [9.17, 15) is 9.90 Å². The van der Waals surface area contributed by atoms with Gasteiger partial charge < -0.3 is 14.7 Å². The van der Waals surface area contributed by atoms with Crippen molar-refractivity contribution in [3.8, 4) is 11.4 Å². The van der Waals surface area contributed by atoms with Gasteiger partial charge in [-0.15, -0.1) is 0 Å². The number of rotatable bonds is 5. The van der Waals surface area contributed by atoms with Crippen molar-refractivity contribution in [2.24, 2.45) is 5.41 Å². The number of methoxy groups -OCH3 is 1. The molecule has 2 atom stereocenters. The van der Waals surface area contributed by atoms with Crippen LogP contribution in [0.3, 0.4) is 0 Å². The van der Waals surface area contributed by atoms with E-state index in [-0.39, 0.29) is 6.04 Å². The minimum Gasteiger partial charge on any atom is -0.497 e. The van der Waals surface area contributed by atoms with Gasteiger partial charge in [-0.3, -0.25) is 9.69 Å². The van der Waals surface area contributed by atoms with Crippen molar-refractivity contribution in [3.05, 3.63) is 42.2 Å². The highest BCUT2D eigenvalue weighted by atomic mass is 16.5. The highest BCUT2D eigenvalue weighted by molar-refractivity contribution is 5.76. The molecule has 0 unspecified atom stereocenters. The van der Waals surface area contributed by atoms with E-state index in [0.29, 0.717) is 6.42 Å². The van der Waals surface area contributed by atoms with Crippen molar-refractivity contribution in [1.29, 1.82) is 0 Å². The molecule has 2 saturated heterocycles. The summed E-state index contributed by atoms with van der Waals surface area (Å²) in [5, 5.41) is 14.4. The normalized spacial score (nSPS) is 26.0. The molecule has 2 aliphatic heterocycles. The van der Waals surface area contributed by atoms with Gasteiger partial charge in [-0.1, -0.05) is 0 Å². The molecular weight excluding hydrogens is 356 g/mol. The summed E-state index contributed by atoms with van der Waals surface area (Å²) in [4.78, 5) is 16.8. The Morgan fingerprint density at radius 2 is 2.21 bits per heavy atom. The molecule has 1 N–H and O–H groups in total. The average Bonchev–Trinajstić information content (AvgIpc) is 3.23. The minimum atomic E-state index is -0.637. The average molecular weight is 384 g/mol. The number of hydrogen-bond acceptors (Lipinski definition) is 5. The monoisotopic (exact) mass is 384 g/mol. The van der Waals surface area contributed by atoms with Crippen LogP contribution in [-0.4, -0.2) is 70.5 Å². The van der Waals surface area contributed by atoms with Crippen LogP contribution in [0.5, 0.6) is 5.75 Å². The standard InChI is InChI=1S/C21H28N4O3/c1-23-10-3-7-21(20(26)27)8-12-24(15-19(21)23)14-16-13-17(28-2)5-6-18(16)25-11-4-9-22-25/h4-6,9,11,13,19H,3,7-8,10,12,14-15H2,1-2H3,(H,26,27)/t19-,21+/m1/s1. The second kappa shape index (κ2) is 7.56. The Balaban J connectivity index is 1.59. The Bertz CT molecular complexity index is 838. The molecule has 0 aliphatic carbocycles. The Hall–Kier alpha value is -2.38. The zero-order valence-electron chi connectivity index (χ0n) is 16.5. The van der Waals surface area contributed by atoms with Crippen molar-refractivity contribution in [2.45, 2.75) is 31.8 Å². The zero-order valence-corrected chi connectivity index (χ0v) is 16.5. The van der Waals surface area contributed by atoms with E-state index in [1.54, 1.807) is 13.3 Å². The van der Waals surface area contributed by atoms with E-state index in [0.717, 1.165) is 56.0 Å². The number of benzene rings is 1. The molecule has 2 aromatic rings. The number of carbonyl (C=O) groups is 1. The Kier molecular flexibility index (Phi) is 5.12. The van der Waals surface area contributed by atoms with Crippen LogP contribution in [0, 0.1) is 5.41 Å². The number of likely N-dealkylation sites (N-methyl/N-ethyl adjacent to an activating group) is 1. The first-order valence-corrected chi connectivity index (χ1v) is 9.86. The van der Waals surface area contributed by atoms with Gasteiger partial charge in [0, 0.05) is 31.5 Å². The number of aromatic nitrogens is 2. The molecule has 0 amide bonds. The number of fused-ring (bicyclic) bond motifs is 1. The number of carboxylic acid groups (broad SMARTS) is 1. The minimum absolute atomic E-state index is 0.0475. The fourth-order valence-electron chi connectivity index (χ4n) is 4.88. The Morgan fingerprint density at radius 1 is 1.36 bits per heavy atom. The molecule has 4 rings (SSSR count). The fraction of sp³-hybridized carbons (Fsp3) is 0.524. The van der Waals surface area contributed by atoms with Crippen LogP contribution in [0.1, 0.15) is 24.8 Å². The van der Waals surface area contributed by atoms with Gasteiger partial charge in [0.1, 0.15) is 5.75 Å². The quantitative estimate of drug-likeness (QED) is 0.853. The molecule has 0 bridgehead atoms. The summed E-state index contributed by atoms with van der Waals surface area (Å²) in [6.07, 6.45) is 6.14. The van der Waals surface area contributed by atoms with Gasteiger partial charge in [0.25, 0.3) is 0 Å². The predicted octanol–water partition coefficient (Wildman–Crippen LogP) is 2.25. The summed E-state index contributed by atoms with van der Waals surface area (Å²) < 4.78 is 7.30. The van der Waals surface area contributed by atoms with Crippen LogP contribution in [-0.2, 0) is 11.3 Å². The van der Waals surface area contributed by atoms with E-state index >= 15 is 0 Å². The number of aliphatic carboxylic acids is 1. The Morgan fingerprint density at radius 3 is 2.93 bits per heavy atom. The van der Waals surface area contributed by atoms with Gasteiger partial charge in [0.05, 0.1) is 18.2 Å². The number of carboxylic acids is 1. The summed E-state index contributed by atoms with van der Waals surface area (Å²) in [7, 11) is 3.73. The maximum Gasteiger partial charge on any atom is 0.311 e. The largest absolute Gasteiger partial charge is 0.497 e. The molecule has 2 aliphatic rings. The molecule has 0 spiro atoms. The second-order valence-corrected chi connectivity index (χ2v) is 7.99. The predicted molar refractivity (Wildman–Crippen MR) is 106 cm³/mol. The van der Waals surface area contributed by atoms with Crippen molar-refractivity contribution in [3.63, 3.8) is 0 Å². The zero-order chi connectivity index (χ0) is 19.7. The van der Waals surface area contributed by atoms with Crippen molar-refractivity contribution in [2.75, 3.05) is 33.8 Å². The van der Waals surface area contributed by atoms with Crippen LogP contribution >= 0.6 is 0 Å². The molecule has 7 nitrogen and oxygen atoms in total. The van der Waals surface area contributed by atoms with Gasteiger partial charge in [0.15, 0.2) is 0 Å². The van der Waals surface area contributed by atoms with Crippen LogP contribution in [0.25, 0.3) is 5.69 Å². The van der Waals surface area contributed by atoms with Gasteiger partial charge >= 0.3 is 5.97 Å². The summed E-state index contributed by atoms with van der Waals surface area (Å²) in [5.74, 6) is 0.180. The van der Waals surface area contributed by atoms with Crippen LogP contribution in [0.4, 0.5) is 0 Å². The molecule has 1 aromatic carbocycles. The second-order valence-electron chi connectivity index (χ2n) is 7.99. The van der Waals surface area contributed by atoms with E-state index in [1.165, 1.54) is 0 Å². The molecular formula is C21H28N4O3. The fourth-order valence-corrected chi connectivity index (χ4v) is 4.88. The molecule has 150 valence electrons. The Labute approximate surface area is 165 Å². The lowest BCUT2D eigenvalue weighted by molar-refractivity contribution is -0.162. The van der Waals surface area contributed by atoms with Gasteiger partial charge in [-0.2, -0.15) is 5.10 Å². The number of likely N-dealkylation sites (tertiary alicyclic amines) is 2. The van der Waals surface area contributed by atoms with E-state index in [1.807, 2.05) is 29.1 Å². The number of hydrogen-bond donors (Lipinski definition) is 1. The number of ether oxygens (including phenoxy) is 1. The highest BCUT2D eigenvalue weighted by Crippen LogP contribution is 2.42. The molecule has 2 fully saturated rings. The topological polar surface area (TPSA) is 70.8 Å². The first-order chi connectivity index (χ1) is 13.5. The summed E-state index contributed by atoms with van der Waals surface area (Å²) >= 11 is 0. The summed E-state index contributed by atoms with van der Waals surface area (Å²) in [5.41, 5.74) is 1.55. The SMILES string of the molecule is COc1ccc(-n2cccn2)c(CN2CC[C@@]3(C(=O)O)CCCN(C)[C@@H]3C2)c1. The van der Waals surface area contributed by atoms with Crippen molar-refractivity contribution in [1.82, 2.24) is 19.6 Å². The third kappa shape index (κ3) is 3.29. The molecule has 1 aromatic heterocycles. The van der Waals surface area contributed by atoms with Crippen LogP contribution in [0.2, 0.25) is 0 Å². The lowest BCUT2D eigenvalue weighted by Gasteiger charge is -2.52. The van der Waals surface area contributed by atoms with E-state index in [2.05, 4.69) is 28.0 Å². The van der Waals surface area contributed by atoms with E-state index in [4.69, 9.17) is 4.74 Å². The molecule has 7 heteroatoms. The maximum absolute atomic E-state index is 12.1. The van der Waals surface area contributed by atoms with Crippen molar-refractivity contribution < 1.29 is 14.6 Å². The van der Waals surface area contributed by atoms with Crippen LogP contribution in [0.15, 0.2) is 36.7 Å². The smallest absolute Gasteiger partial charge is 0.311 e. The van der Waals surface area contributed by atoms with Crippen molar-refractivity contribution >= 4 is 5.97 Å². The third-order valence-corrected chi connectivity index (χ3v) is 6.47. The first-order valence-electron chi connectivity index (χ1n) is 9.86. The van der Waals surface area contributed by atoms with Gasteiger partial charge in [-0.25, -0.2) is 4.68 Å². The lowest BCUT2D eigenvalue weighted by Crippen LogP contribution is -2.62. The maximum atomic E-state index is 12.1. The highest BCUT2D eigenvalue weighted by Gasteiger charge is 2.52. The summed E-state index contributed by atoms with van der Waals surface area (Å²) in [6.45, 7) is 3.25. The number of piperidine rings is 2. The van der Waals surface area contributed by atoms with Gasteiger partial charge in [0.2, 0.25) is 0 Å². The first kappa shape index (κ1) is 19.0. The van der Waals surface area contributed by atoms with Gasteiger partial charge in [-0.05, 0) is 69.2 Å². The van der Waals surface area contributed by atoms with Crippen LogP contribution < -0.4 is 4.74 Å². The molecule has 28 heavy (non-hydrogen) atoms. The third-order valence-electron chi connectivity index (χ3n) is 6.47.